The molecular weight excluding hydrogens is 353 g/mol. The average Bonchev–Trinajstić information content (AvgIpc) is 2.33. The summed E-state index contributed by atoms with van der Waals surface area (Å²) in [7, 11) is -6.81. The van der Waals surface area contributed by atoms with Gasteiger partial charge < -0.3 is 8.85 Å². The van der Waals surface area contributed by atoms with E-state index in [0.29, 0.717) is 12.1 Å². The maximum Gasteiger partial charge on any atom is 0.330 e. The molecule has 136 valence electrons. The van der Waals surface area contributed by atoms with Crippen LogP contribution < -0.4 is 0 Å². The first-order valence-electron chi connectivity index (χ1n) is 8.61. The van der Waals surface area contributed by atoms with Crippen molar-refractivity contribution < 1.29 is 13.6 Å². The van der Waals surface area contributed by atoms with Crippen LogP contribution in [0.25, 0.3) is 0 Å². The molecule has 0 fully saturated rings. The van der Waals surface area contributed by atoms with Crippen LogP contribution in [-0.4, -0.2) is 43.4 Å². The summed E-state index contributed by atoms with van der Waals surface area (Å²) >= 11 is 0. The minimum absolute atomic E-state index is 0.314. The molecule has 0 aromatic carbocycles. The van der Waals surface area contributed by atoms with E-state index in [1.54, 1.807) is 0 Å². The standard InChI is InChI=1S/C16H38O3Si4/c1-12-15(14-18-16(17)13-2)23(21(6,7)8,22(9,10)11)19-20(3,4)5/h13,15H,2,12,14H2,1,3-11H3. The lowest BCUT2D eigenvalue weighted by Gasteiger charge is -2.56. The Morgan fingerprint density at radius 3 is 1.70 bits per heavy atom. The number of esters is 1. The summed E-state index contributed by atoms with van der Waals surface area (Å²) in [6.07, 6.45) is 2.29. The molecule has 0 radical (unpaired) electrons. The molecule has 0 N–H and O–H groups in total. The van der Waals surface area contributed by atoms with Crippen LogP contribution in [0.5, 0.6) is 0 Å². The zero-order valence-electron chi connectivity index (χ0n) is 17.0. The summed E-state index contributed by atoms with van der Waals surface area (Å²) in [5.74, 6) is -0.314. The Morgan fingerprint density at radius 2 is 1.43 bits per heavy atom. The highest BCUT2D eigenvalue weighted by Crippen LogP contribution is 2.43. The number of ether oxygens (including phenoxy) is 1. The third kappa shape index (κ3) is 5.81. The molecule has 0 aliphatic carbocycles. The minimum atomic E-state index is -2.02. The SMILES string of the molecule is C=CC(=O)OCC(CC)[Si](O[Si](C)(C)C)([Si](C)(C)C)[Si](C)(C)C. The Hall–Kier alpha value is 0.0375. The second-order valence-electron chi connectivity index (χ2n) is 9.39. The Kier molecular flexibility index (Phi) is 7.96. The van der Waals surface area contributed by atoms with Crippen LogP contribution in [0.15, 0.2) is 12.7 Å². The van der Waals surface area contributed by atoms with Gasteiger partial charge in [-0.3, -0.25) is 0 Å². The first kappa shape index (κ1) is 23.0. The Morgan fingerprint density at radius 1 is 1.00 bits per heavy atom. The zero-order valence-corrected chi connectivity index (χ0v) is 21.0. The van der Waals surface area contributed by atoms with Gasteiger partial charge in [0.1, 0.15) is 0 Å². The summed E-state index contributed by atoms with van der Waals surface area (Å²) in [4.78, 5) is 11.6. The molecule has 7 heteroatoms. The van der Waals surface area contributed by atoms with Gasteiger partial charge in [-0.15, -0.1) is 0 Å². The molecule has 0 aliphatic rings. The number of hydrogen-bond acceptors (Lipinski definition) is 3. The molecule has 0 heterocycles. The van der Waals surface area contributed by atoms with E-state index >= 15 is 0 Å². The van der Waals surface area contributed by atoms with Gasteiger partial charge in [-0.05, 0) is 19.6 Å². The van der Waals surface area contributed by atoms with Crippen LogP contribution in [0.1, 0.15) is 13.3 Å². The van der Waals surface area contributed by atoms with E-state index in [1.165, 1.54) is 6.08 Å². The molecule has 0 aromatic rings. The molecule has 0 saturated heterocycles. The summed E-state index contributed by atoms with van der Waals surface area (Å²) in [5, 5.41) is 0. The number of hydrogen-bond donors (Lipinski definition) is 0. The maximum absolute atomic E-state index is 11.6. The monoisotopic (exact) mass is 390 g/mol. The van der Waals surface area contributed by atoms with Crippen LogP contribution in [0.4, 0.5) is 0 Å². The Balaban J connectivity index is 6.05. The third-order valence-electron chi connectivity index (χ3n) is 4.36. The lowest BCUT2D eigenvalue weighted by Crippen LogP contribution is -2.78. The summed E-state index contributed by atoms with van der Waals surface area (Å²) in [6, 6.07) is 0. The molecule has 0 bridgehead atoms. The van der Waals surface area contributed by atoms with Gasteiger partial charge in [-0.1, -0.05) is 59.2 Å². The molecule has 0 aliphatic heterocycles. The molecule has 0 aromatic heterocycles. The second kappa shape index (κ2) is 7.94. The van der Waals surface area contributed by atoms with Gasteiger partial charge in [-0.2, -0.15) is 0 Å². The van der Waals surface area contributed by atoms with Crippen LogP contribution >= 0.6 is 0 Å². The topological polar surface area (TPSA) is 35.5 Å². The van der Waals surface area contributed by atoms with Gasteiger partial charge in [0.15, 0.2) is 15.7 Å². The zero-order chi connectivity index (χ0) is 18.7. The van der Waals surface area contributed by atoms with Gasteiger partial charge >= 0.3 is 5.97 Å². The van der Waals surface area contributed by atoms with Gasteiger partial charge in [0.2, 0.25) is 0 Å². The van der Waals surface area contributed by atoms with E-state index in [-0.39, 0.29) is 5.97 Å². The van der Waals surface area contributed by atoms with Crippen molar-refractivity contribution in [3.05, 3.63) is 12.7 Å². The van der Waals surface area contributed by atoms with Crippen molar-refractivity contribution in [3.63, 3.8) is 0 Å². The van der Waals surface area contributed by atoms with Crippen molar-refractivity contribution >= 4 is 36.8 Å². The lowest BCUT2D eigenvalue weighted by molar-refractivity contribution is -0.137. The highest BCUT2D eigenvalue weighted by molar-refractivity contribution is 7.67. The fourth-order valence-electron chi connectivity index (χ4n) is 3.99. The van der Waals surface area contributed by atoms with Crippen molar-refractivity contribution in [1.82, 2.24) is 0 Å². The molecule has 0 rings (SSSR count). The summed E-state index contributed by atoms with van der Waals surface area (Å²) < 4.78 is 12.7. The number of rotatable bonds is 9. The van der Waals surface area contributed by atoms with Gasteiger partial charge in [0, 0.05) is 11.6 Å². The van der Waals surface area contributed by atoms with Crippen molar-refractivity contribution in [2.45, 2.75) is 77.8 Å². The molecule has 0 amide bonds. The number of carbonyl (C=O) groups excluding carboxylic acids is 1. The average molecular weight is 391 g/mol. The van der Waals surface area contributed by atoms with Crippen molar-refractivity contribution in [1.29, 1.82) is 0 Å². The predicted octanol–water partition coefficient (Wildman–Crippen LogP) is 5.13. The second-order valence-corrected chi connectivity index (χ2v) is 40.7. The fourth-order valence-corrected chi connectivity index (χ4v) is 63.7. The van der Waals surface area contributed by atoms with Crippen LogP contribution in [0, 0.1) is 0 Å². The first-order chi connectivity index (χ1) is 10.1. The fraction of sp³-hybridized carbons (Fsp3) is 0.812. The quantitative estimate of drug-likeness (QED) is 0.311. The van der Waals surface area contributed by atoms with Crippen molar-refractivity contribution in [2.75, 3.05) is 6.61 Å². The highest BCUT2D eigenvalue weighted by atomic mass is 29.7. The van der Waals surface area contributed by atoms with E-state index in [4.69, 9.17) is 8.85 Å². The molecule has 3 nitrogen and oxygen atoms in total. The van der Waals surface area contributed by atoms with Crippen LogP contribution in [-0.2, 0) is 13.6 Å². The lowest BCUT2D eigenvalue weighted by atomic mass is 10.3. The summed E-state index contributed by atoms with van der Waals surface area (Å²) in [6.45, 7) is 27.9. The van der Waals surface area contributed by atoms with Gasteiger partial charge in [0.05, 0.1) is 21.8 Å². The molecular formula is C16H38O3Si4. The maximum atomic E-state index is 11.6. The van der Waals surface area contributed by atoms with E-state index in [1.807, 2.05) is 0 Å². The largest absolute Gasteiger partial charge is 0.462 e. The molecule has 23 heavy (non-hydrogen) atoms. The Bertz CT molecular complexity index is 403. The van der Waals surface area contributed by atoms with E-state index in [9.17, 15) is 4.79 Å². The Labute approximate surface area is 147 Å². The predicted molar refractivity (Wildman–Crippen MR) is 112 cm³/mol. The smallest absolute Gasteiger partial charge is 0.330 e. The normalized spacial score (nSPS) is 15.2. The van der Waals surface area contributed by atoms with E-state index < -0.39 is 30.9 Å². The van der Waals surface area contributed by atoms with Crippen molar-refractivity contribution in [2.24, 2.45) is 0 Å². The minimum Gasteiger partial charge on any atom is -0.462 e. The first-order valence-corrected chi connectivity index (χ1v) is 23.0. The van der Waals surface area contributed by atoms with Crippen molar-refractivity contribution in [3.8, 4) is 0 Å². The highest BCUT2D eigenvalue weighted by Gasteiger charge is 2.61. The molecule has 1 unspecified atom stereocenters. The van der Waals surface area contributed by atoms with E-state index in [0.717, 1.165) is 6.42 Å². The van der Waals surface area contributed by atoms with E-state index in [2.05, 4.69) is 72.4 Å². The summed E-state index contributed by atoms with van der Waals surface area (Å²) in [5.41, 5.74) is 0.386. The van der Waals surface area contributed by atoms with Crippen LogP contribution in [0.3, 0.4) is 0 Å². The number of carbonyl (C=O) groups is 1. The van der Waals surface area contributed by atoms with Gasteiger partial charge in [-0.25, -0.2) is 4.79 Å². The van der Waals surface area contributed by atoms with Crippen LogP contribution in [0.2, 0.25) is 64.5 Å². The molecule has 0 saturated carbocycles. The van der Waals surface area contributed by atoms with Gasteiger partial charge in [0.25, 0.3) is 0 Å². The molecule has 1 atom stereocenters. The third-order valence-corrected chi connectivity index (χ3v) is 45.4. The molecule has 0 spiro atoms.